The van der Waals surface area contributed by atoms with Gasteiger partial charge in [-0.15, -0.1) is 6.42 Å². The number of hydrogen-bond donors (Lipinski definition) is 2. The van der Waals surface area contributed by atoms with Gasteiger partial charge in [-0.05, 0) is 6.42 Å². The van der Waals surface area contributed by atoms with Crippen LogP contribution in [-0.4, -0.2) is 16.0 Å². The van der Waals surface area contributed by atoms with Crippen molar-refractivity contribution in [1.82, 2.24) is 0 Å². The molecule has 1 aliphatic rings. The van der Waals surface area contributed by atoms with Crippen molar-refractivity contribution in [3.63, 3.8) is 0 Å². The van der Waals surface area contributed by atoms with Crippen LogP contribution >= 0.6 is 0 Å². The van der Waals surface area contributed by atoms with E-state index in [9.17, 15) is 0 Å². The van der Waals surface area contributed by atoms with Crippen LogP contribution in [-0.2, 0) is 17.1 Å². The Morgan fingerprint density at radius 2 is 2.00 bits per heavy atom. The van der Waals surface area contributed by atoms with E-state index in [4.69, 9.17) is 10.2 Å². The zero-order valence-electron chi connectivity index (χ0n) is 5.10. The van der Waals surface area contributed by atoms with Crippen molar-refractivity contribution in [2.24, 2.45) is 0 Å². The predicted octanol–water partition coefficient (Wildman–Crippen LogP) is 0.443. The van der Waals surface area contributed by atoms with E-state index >= 15 is 0 Å². The standard InChI is InChI=1S/C6H11O2.Cu/c7-6(8)4-2-1-3-5-6;/h2,7-8H,1,3-5H2;/q-1;+1. The van der Waals surface area contributed by atoms with Gasteiger partial charge in [0.15, 0.2) is 0 Å². The maximum absolute atomic E-state index is 8.90. The van der Waals surface area contributed by atoms with E-state index in [1.54, 1.807) is 0 Å². The quantitative estimate of drug-likeness (QED) is 0.321. The summed E-state index contributed by atoms with van der Waals surface area (Å²) in [7, 11) is 0. The van der Waals surface area contributed by atoms with E-state index in [0.29, 0.717) is 12.8 Å². The monoisotopic (exact) mass is 178 g/mol. The third kappa shape index (κ3) is 3.21. The summed E-state index contributed by atoms with van der Waals surface area (Å²) in [5.41, 5.74) is 0. The van der Waals surface area contributed by atoms with E-state index in [1.807, 2.05) is 6.42 Å². The Bertz CT molecular complexity index is 75.1. The molecule has 1 rings (SSSR count). The van der Waals surface area contributed by atoms with Crippen LogP contribution in [0, 0.1) is 6.42 Å². The van der Waals surface area contributed by atoms with E-state index < -0.39 is 5.79 Å². The molecule has 0 saturated heterocycles. The van der Waals surface area contributed by atoms with Crippen LogP contribution in [0.25, 0.3) is 0 Å². The Kier molecular flexibility index (Phi) is 3.74. The van der Waals surface area contributed by atoms with E-state index in [0.717, 1.165) is 12.8 Å². The Morgan fingerprint density at radius 3 is 2.22 bits per heavy atom. The largest absolute Gasteiger partial charge is 1.00 e. The molecule has 0 spiro atoms. The molecule has 0 aromatic rings. The minimum Gasteiger partial charge on any atom is -0.368 e. The zero-order chi connectivity index (χ0) is 6.04. The van der Waals surface area contributed by atoms with Crippen LogP contribution < -0.4 is 0 Å². The molecule has 0 aromatic heterocycles. The molecule has 2 nitrogen and oxygen atoms in total. The summed E-state index contributed by atoms with van der Waals surface area (Å²) in [6.45, 7) is 0. The molecule has 0 atom stereocenters. The molecule has 1 fully saturated rings. The average molecular weight is 179 g/mol. The molecule has 0 amide bonds. The van der Waals surface area contributed by atoms with E-state index in [1.165, 1.54) is 0 Å². The van der Waals surface area contributed by atoms with Crippen molar-refractivity contribution in [2.45, 2.75) is 31.5 Å². The van der Waals surface area contributed by atoms with Gasteiger partial charge in [-0.1, -0.05) is 6.42 Å². The van der Waals surface area contributed by atoms with Crippen molar-refractivity contribution in [1.29, 1.82) is 0 Å². The summed E-state index contributed by atoms with van der Waals surface area (Å²) in [5, 5.41) is 17.8. The Labute approximate surface area is 65.7 Å². The van der Waals surface area contributed by atoms with Gasteiger partial charge in [-0.3, -0.25) is 0 Å². The molecule has 2 N–H and O–H groups in total. The molecule has 3 heteroatoms. The van der Waals surface area contributed by atoms with Crippen molar-refractivity contribution < 1.29 is 27.3 Å². The number of hydrogen-bond acceptors (Lipinski definition) is 2. The second-order valence-corrected chi connectivity index (χ2v) is 2.37. The SMILES string of the molecule is OC1(O)C[CH-]CCC1.[Cu+]. The summed E-state index contributed by atoms with van der Waals surface area (Å²) in [6, 6.07) is 0. The van der Waals surface area contributed by atoms with Crippen molar-refractivity contribution >= 4 is 0 Å². The summed E-state index contributed by atoms with van der Waals surface area (Å²) < 4.78 is 0. The summed E-state index contributed by atoms with van der Waals surface area (Å²) in [6.07, 6.45) is 4.83. The Morgan fingerprint density at radius 1 is 1.33 bits per heavy atom. The summed E-state index contributed by atoms with van der Waals surface area (Å²) in [5.74, 6) is -1.38. The van der Waals surface area contributed by atoms with Crippen LogP contribution in [0.5, 0.6) is 0 Å². The molecule has 9 heavy (non-hydrogen) atoms. The first-order chi connectivity index (χ1) is 3.71. The molecule has 0 radical (unpaired) electrons. The third-order valence-corrected chi connectivity index (χ3v) is 1.46. The fourth-order valence-corrected chi connectivity index (χ4v) is 0.965. The normalized spacial score (nSPS) is 24.7. The van der Waals surface area contributed by atoms with Gasteiger partial charge in [0.05, 0.1) is 0 Å². The van der Waals surface area contributed by atoms with Crippen molar-refractivity contribution in [3.05, 3.63) is 6.42 Å². The molecule has 58 valence electrons. The molecular weight excluding hydrogens is 168 g/mol. The van der Waals surface area contributed by atoms with Gasteiger partial charge < -0.3 is 16.6 Å². The number of aliphatic hydroxyl groups is 2. The minimum atomic E-state index is -1.38. The van der Waals surface area contributed by atoms with Crippen molar-refractivity contribution in [3.8, 4) is 0 Å². The Hall–Kier alpha value is 0.439. The maximum Gasteiger partial charge on any atom is 1.00 e. The van der Waals surface area contributed by atoms with Crippen LogP contribution in [0.1, 0.15) is 25.7 Å². The minimum absolute atomic E-state index is 0. The van der Waals surface area contributed by atoms with E-state index in [2.05, 4.69) is 0 Å². The summed E-state index contributed by atoms with van der Waals surface area (Å²) in [4.78, 5) is 0. The van der Waals surface area contributed by atoms with Gasteiger partial charge in [0.25, 0.3) is 0 Å². The van der Waals surface area contributed by atoms with Gasteiger partial charge >= 0.3 is 17.1 Å². The van der Waals surface area contributed by atoms with Crippen LogP contribution in [0.3, 0.4) is 0 Å². The van der Waals surface area contributed by atoms with Gasteiger partial charge in [0.2, 0.25) is 0 Å². The average Bonchev–Trinajstić information content (AvgIpc) is 1.65. The molecule has 0 aliphatic heterocycles. The number of rotatable bonds is 0. The second kappa shape index (κ2) is 3.57. The van der Waals surface area contributed by atoms with Gasteiger partial charge in [-0.2, -0.15) is 6.42 Å². The smallest absolute Gasteiger partial charge is 0.368 e. The van der Waals surface area contributed by atoms with Gasteiger partial charge in [-0.25, -0.2) is 0 Å². The second-order valence-electron chi connectivity index (χ2n) is 2.37. The molecule has 1 saturated carbocycles. The van der Waals surface area contributed by atoms with Crippen molar-refractivity contribution in [2.75, 3.05) is 0 Å². The molecule has 1 aliphatic carbocycles. The molecule has 0 aromatic carbocycles. The first-order valence-corrected chi connectivity index (χ1v) is 2.97. The zero-order valence-corrected chi connectivity index (χ0v) is 6.04. The first kappa shape index (κ1) is 9.44. The molecule has 0 bridgehead atoms. The fourth-order valence-electron chi connectivity index (χ4n) is 0.965. The van der Waals surface area contributed by atoms with Crippen LogP contribution in [0.2, 0.25) is 0 Å². The topological polar surface area (TPSA) is 40.5 Å². The van der Waals surface area contributed by atoms with Gasteiger partial charge in [0, 0.05) is 0 Å². The molecule has 0 unspecified atom stereocenters. The molecule has 0 heterocycles. The van der Waals surface area contributed by atoms with Gasteiger partial charge in [0.1, 0.15) is 5.79 Å². The van der Waals surface area contributed by atoms with Crippen LogP contribution in [0.4, 0.5) is 0 Å². The molecular formula is C6H11CuO2. The Balaban J connectivity index is 0.000000640. The van der Waals surface area contributed by atoms with Crippen LogP contribution in [0.15, 0.2) is 0 Å². The summed E-state index contributed by atoms with van der Waals surface area (Å²) >= 11 is 0. The van der Waals surface area contributed by atoms with E-state index in [-0.39, 0.29) is 17.1 Å². The predicted molar refractivity (Wildman–Crippen MR) is 29.9 cm³/mol. The third-order valence-electron chi connectivity index (χ3n) is 1.46. The fraction of sp³-hybridized carbons (Fsp3) is 0.833. The maximum atomic E-state index is 8.90. The first-order valence-electron chi connectivity index (χ1n) is 2.97.